The Morgan fingerprint density at radius 1 is 1.64 bits per heavy atom. The van der Waals surface area contributed by atoms with Gasteiger partial charge in [0.15, 0.2) is 0 Å². The Kier molecular flexibility index (Phi) is 2.56. The molecule has 1 unspecified atom stereocenters. The monoisotopic (exact) mass is 210 g/mol. The van der Waals surface area contributed by atoms with Crippen LogP contribution in [0.4, 0.5) is 0 Å². The van der Waals surface area contributed by atoms with E-state index in [0.29, 0.717) is 13.0 Å². The Labute approximate surface area is 87.5 Å². The molecule has 1 fully saturated rings. The van der Waals surface area contributed by atoms with E-state index in [9.17, 15) is 4.79 Å². The minimum absolute atomic E-state index is 0.0311. The van der Waals surface area contributed by atoms with Gasteiger partial charge in [0.2, 0.25) is 5.91 Å². The van der Waals surface area contributed by atoms with Crippen molar-refractivity contribution in [1.82, 2.24) is 4.90 Å². The molecule has 1 aliphatic rings. The molecule has 0 aromatic carbocycles. The average molecular weight is 210 g/mol. The largest absolute Gasteiger partial charge is 0.336 e. The summed E-state index contributed by atoms with van der Waals surface area (Å²) in [6.07, 6.45) is 0.504. The molecule has 1 saturated heterocycles. The maximum absolute atomic E-state index is 11.4. The number of nitrogens with two attached hydrogens (primary N) is 1. The van der Waals surface area contributed by atoms with Gasteiger partial charge in [0.05, 0.1) is 6.54 Å². The van der Waals surface area contributed by atoms with Crippen LogP contribution in [0.3, 0.4) is 0 Å². The highest BCUT2D eigenvalue weighted by molar-refractivity contribution is 7.11. The second-order valence-corrected chi connectivity index (χ2v) is 5.12. The molecule has 4 heteroatoms. The summed E-state index contributed by atoms with van der Waals surface area (Å²) >= 11 is 1.74. The Balaban J connectivity index is 2.01. The van der Waals surface area contributed by atoms with Gasteiger partial charge in [0, 0.05) is 28.8 Å². The van der Waals surface area contributed by atoms with Gasteiger partial charge >= 0.3 is 0 Å². The average Bonchev–Trinajstić information content (AvgIpc) is 2.61. The van der Waals surface area contributed by atoms with Crippen LogP contribution in [0.1, 0.15) is 16.2 Å². The number of hydrogen-bond acceptors (Lipinski definition) is 3. The summed E-state index contributed by atoms with van der Waals surface area (Å²) < 4.78 is 0. The first-order valence-corrected chi connectivity index (χ1v) is 5.55. The first-order valence-electron chi connectivity index (χ1n) is 4.74. The zero-order valence-electron chi connectivity index (χ0n) is 8.19. The number of nitrogens with zero attached hydrogens (tertiary/aromatic N) is 1. The number of hydrogen-bond donors (Lipinski definition) is 1. The number of rotatable bonds is 2. The molecule has 14 heavy (non-hydrogen) atoms. The lowest BCUT2D eigenvalue weighted by Crippen LogP contribution is -2.27. The van der Waals surface area contributed by atoms with Gasteiger partial charge in [-0.15, -0.1) is 11.3 Å². The van der Waals surface area contributed by atoms with Gasteiger partial charge in [-0.3, -0.25) is 4.79 Å². The fourth-order valence-corrected chi connectivity index (χ4v) is 2.62. The quantitative estimate of drug-likeness (QED) is 0.795. The molecular weight excluding hydrogens is 196 g/mol. The highest BCUT2D eigenvalue weighted by Crippen LogP contribution is 2.19. The fourth-order valence-electron chi connectivity index (χ4n) is 1.71. The van der Waals surface area contributed by atoms with Crippen molar-refractivity contribution in [2.24, 2.45) is 5.73 Å². The van der Waals surface area contributed by atoms with Gasteiger partial charge in [-0.1, -0.05) is 0 Å². The molecule has 1 aromatic heterocycles. The van der Waals surface area contributed by atoms with Crippen LogP contribution in [0.5, 0.6) is 0 Å². The molecule has 2 N–H and O–H groups in total. The molecule has 76 valence electrons. The molecule has 2 heterocycles. The van der Waals surface area contributed by atoms with Crippen LogP contribution >= 0.6 is 11.3 Å². The molecule has 0 aliphatic carbocycles. The normalized spacial score (nSPS) is 22.0. The number of thiophene rings is 1. The van der Waals surface area contributed by atoms with Crippen LogP contribution in [0.25, 0.3) is 0 Å². The zero-order valence-corrected chi connectivity index (χ0v) is 9.01. The predicted octanol–water partition coefficient (Wildman–Crippen LogP) is 1.12. The van der Waals surface area contributed by atoms with Crippen LogP contribution in [0, 0.1) is 6.92 Å². The molecule has 0 bridgehead atoms. The van der Waals surface area contributed by atoms with E-state index in [1.165, 1.54) is 9.75 Å². The first-order chi connectivity index (χ1) is 6.65. The predicted molar refractivity (Wildman–Crippen MR) is 57.1 cm³/mol. The van der Waals surface area contributed by atoms with Gasteiger partial charge in [-0.25, -0.2) is 0 Å². The van der Waals surface area contributed by atoms with E-state index in [1.54, 1.807) is 11.3 Å². The molecule has 3 nitrogen and oxygen atoms in total. The van der Waals surface area contributed by atoms with E-state index in [0.717, 1.165) is 6.54 Å². The second kappa shape index (κ2) is 3.71. The van der Waals surface area contributed by atoms with E-state index in [-0.39, 0.29) is 11.9 Å². The van der Waals surface area contributed by atoms with Crippen LogP contribution in [0.2, 0.25) is 0 Å². The number of aryl methyl sites for hydroxylation is 1. The smallest absolute Gasteiger partial charge is 0.224 e. The number of carbonyl (C=O) groups is 1. The van der Waals surface area contributed by atoms with Gasteiger partial charge in [0.25, 0.3) is 0 Å². The third-order valence-corrected chi connectivity index (χ3v) is 3.37. The Morgan fingerprint density at radius 2 is 2.43 bits per heavy atom. The summed E-state index contributed by atoms with van der Waals surface area (Å²) in [7, 11) is 0. The Bertz CT molecular complexity index is 348. The van der Waals surface area contributed by atoms with Crippen LogP contribution in [-0.4, -0.2) is 23.4 Å². The van der Waals surface area contributed by atoms with Crippen molar-refractivity contribution in [2.75, 3.05) is 6.54 Å². The molecule has 0 spiro atoms. The molecule has 0 radical (unpaired) electrons. The molecule has 1 atom stereocenters. The topological polar surface area (TPSA) is 46.3 Å². The maximum Gasteiger partial charge on any atom is 0.224 e. The lowest BCUT2D eigenvalue weighted by atomic mass is 10.3. The van der Waals surface area contributed by atoms with E-state index in [1.807, 2.05) is 4.90 Å². The molecular formula is C10H14N2OS. The third kappa shape index (κ3) is 1.96. The summed E-state index contributed by atoms with van der Waals surface area (Å²) in [6.45, 7) is 3.51. The molecule has 0 saturated carbocycles. The summed E-state index contributed by atoms with van der Waals surface area (Å²) in [5.74, 6) is 0.184. The van der Waals surface area contributed by atoms with E-state index in [2.05, 4.69) is 19.1 Å². The number of amides is 1. The summed E-state index contributed by atoms with van der Waals surface area (Å²) in [5.41, 5.74) is 5.72. The van der Waals surface area contributed by atoms with Crippen LogP contribution in [-0.2, 0) is 11.3 Å². The van der Waals surface area contributed by atoms with Gasteiger partial charge in [-0.2, -0.15) is 0 Å². The number of likely N-dealkylation sites (tertiary alicyclic amines) is 1. The fraction of sp³-hybridized carbons (Fsp3) is 0.500. The lowest BCUT2D eigenvalue weighted by Gasteiger charge is -2.14. The highest BCUT2D eigenvalue weighted by atomic mass is 32.1. The van der Waals surface area contributed by atoms with E-state index >= 15 is 0 Å². The van der Waals surface area contributed by atoms with Crippen molar-refractivity contribution in [3.8, 4) is 0 Å². The van der Waals surface area contributed by atoms with Crippen molar-refractivity contribution in [3.63, 3.8) is 0 Å². The third-order valence-electron chi connectivity index (χ3n) is 2.39. The zero-order chi connectivity index (χ0) is 10.1. The second-order valence-electron chi connectivity index (χ2n) is 3.75. The molecule has 1 aromatic rings. The van der Waals surface area contributed by atoms with Crippen LogP contribution < -0.4 is 5.73 Å². The SMILES string of the molecule is Cc1ccc(CN2CC(N)CC2=O)s1. The summed E-state index contributed by atoms with van der Waals surface area (Å²) in [6, 6.07) is 4.20. The summed E-state index contributed by atoms with van der Waals surface area (Å²) in [4.78, 5) is 15.8. The minimum atomic E-state index is 0.0311. The van der Waals surface area contributed by atoms with Gasteiger partial charge in [0.1, 0.15) is 0 Å². The van der Waals surface area contributed by atoms with Crippen LogP contribution in [0.15, 0.2) is 12.1 Å². The van der Waals surface area contributed by atoms with Crippen molar-refractivity contribution < 1.29 is 4.79 Å². The Hall–Kier alpha value is -0.870. The molecule has 2 rings (SSSR count). The van der Waals surface area contributed by atoms with Gasteiger partial charge in [-0.05, 0) is 19.1 Å². The van der Waals surface area contributed by atoms with E-state index in [4.69, 9.17) is 5.73 Å². The highest BCUT2D eigenvalue weighted by Gasteiger charge is 2.26. The standard InChI is InChI=1S/C10H14N2OS/c1-7-2-3-9(14-7)6-12-5-8(11)4-10(12)13/h2-3,8H,4-6,11H2,1H3. The Morgan fingerprint density at radius 3 is 2.93 bits per heavy atom. The van der Waals surface area contributed by atoms with E-state index < -0.39 is 0 Å². The minimum Gasteiger partial charge on any atom is -0.336 e. The van der Waals surface area contributed by atoms with Crippen molar-refractivity contribution >= 4 is 17.2 Å². The van der Waals surface area contributed by atoms with Crippen molar-refractivity contribution in [3.05, 3.63) is 21.9 Å². The molecule has 1 aliphatic heterocycles. The van der Waals surface area contributed by atoms with Gasteiger partial charge < -0.3 is 10.6 Å². The number of carbonyl (C=O) groups excluding carboxylic acids is 1. The van der Waals surface area contributed by atoms with Crippen molar-refractivity contribution in [1.29, 1.82) is 0 Å². The lowest BCUT2D eigenvalue weighted by molar-refractivity contribution is -0.128. The molecule has 1 amide bonds. The maximum atomic E-state index is 11.4. The first kappa shape index (κ1) is 9.68. The summed E-state index contributed by atoms with van der Waals surface area (Å²) in [5, 5.41) is 0. The van der Waals surface area contributed by atoms with Crippen molar-refractivity contribution in [2.45, 2.75) is 25.9 Å².